The number of pyridine rings is 2. The number of oxazole rings is 1. The summed E-state index contributed by atoms with van der Waals surface area (Å²) in [7, 11) is 0. The highest BCUT2D eigenvalue weighted by Crippen LogP contribution is 2.48. The number of amides is 4. The zero-order valence-electron chi connectivity index (χ0n) is 86.8. The second kappa shape index (κ2) is 52.2. The molecule has 4 amide bonds. The molecule has 0 bridgehead atoms. The van der Waals surface area contributed by atoms with Crippen LogP contribution in [0.15, 0.2) is 118 Å². The molecule has 8 heterocycles. The lowest BCUT2D eigenvalue weighted by Crippen LogP contribution is -2.46. The fourth-order valence-corrected chi connectivity index (χ4v) is 26.0. The van der Waals surface area contributed by atoms with Crippen LogP contribution in [-0.2, 0) is 19.2 Å². The largest absolute Gasteiger partial charge is 0.477 e. The number of nitrogens with zero attached hydrogens (tertiary/aromatic N) is 9. The number of thioether (sulfide) groups is 3. The maximum Gasteiger partial charge on any atom is 0.348 e. The Labute approximate surface area is 881 Å². The van der Waals surface area contributed by atoms with E-state index < -0.39 is 23.9 Å². The minimum absolute atomic E-state index is 0.00329. The predicted molar refractivity (Wildman–Crippen MR) is 583 cm³/mol. The van der Waals surface area contributed by atoms with Crippen LogP contribution in [0, 0.1) is 123 Å². The van der Waals surface area contributed by atoms with E-state index in [0.29, 0.717) is 92.8 Å². The topological polar surface area (TPSA) is 317 Å². The summed E-state index contributed by atoms with van der Waals surface area (Å²) in [6.07, 6.45) is 34.6. The van der Waals surface area contributed by atoms with E-state index in [-0.39, 0.29) is 120 Å². The molecule has 772 valence electrons. The predicted octanol–water partition coefficient (Wildman–Crippen LogP) is 27.3. The van der Waals surface area contributed by atoms with E-state index in [1.54, 1.807) is 83.2 Å². The van der Waals surface area contributed by atoms with Crippen molar-refractivity contribution in [1.29, 1.82) is 0 Å². The zero-order valence-corrected chi connectivity index (χ0v) is 92.5. The van der Waals surface area contributed by atoms with Crippen molar-refractivity contribution in [1.82, 2.24) is 24.9 Å². The van der Waals surface area contributed by atoms with Crippen molar-refractivity contribution in [2.75, 3.05) is 32.8 Å². The molecule has 15 rings (SSSR count). The Morgan fingerprint density at radius 3 is 1.00 bits per heavy atom. The number of hydrogen-bond acceptors (Lipinski definition) is 22. The summed E-state index contributed by atoms with van der Waals surface area (Å²) < 4.78 is 11.4. The Hall–Kier alpha value is -9.76. The maximum atomic E-state index is 14.1. The summed E-state index contributed by atoms with van der Waals surface area (Å²) in [5.74, 6) is 25.1. The number of thiophene rings is 4. The summed E-state index contributed by atoms with van der Waals surface area (Å²) >= 11 is 9.82. The molecular formula is C114H145N9O14S7. The first-order valence-electron chi connectivity index (χ1n) is 51.4. The quantitative estimate of drug-likeness (QED) is 0.0305. The van der Waals surface area contributed by atoms with Gasteiger partial charge >= 0.3 is 23.9 Å². The van der Waals surface area contributed by atoms with Crippen molar-refractivity contribution >= 4 is 151 Å². The minimum Gasteiger partial charge on any atom is -0.477 e. The van der Waals surface area contributed by atoms with E-state index in [1.165, 1.54) is 34.0 Å². The van der Waals surface area contributed by atoms with Gasteiger partial charge in [0.25, 0.3) is 5.22 Å². The molecule has 7 aliphatic carbocycles. The first-order valence-corrected chi connectivity index (χ1v) is 57.3. The van der Waals surface area contributed by atoms with Gasteiger partial charge in [0.05, 0.1) is 60.0 Å². The molecule has 0 spiro atoms. The lowest BCUT2D eigenvalue weighted by Gasteiger charge is -2.39. The van der Waals surface area contributed by atoms with Crippen LogP contribution in [0.1, 0.15) is 355 Å². The summed E-state index contributed by atoms with van der Waals surface area (Å²) in [6, 6.07) is 20.4. The van der Waals surface area contributed by atoms with E-state index in [9.17, 15) is 58.8 Å². The van der Waals surface area contributed by atoms with Gasteiger partial charge in [-0.05, 0) is 342 Å². The Kier molecular flexibility index (Phi) is 41.0. The van der Waals surface area contributed by atoms with E-state index >= 15 is 0 Å². The molecule has 0 unspecified atom stereocenters. The standard InChI is InChI=1S/C30H38N2O3S2.C29H37N3O3S2.C29H38N2O4S2.C26H32N2O4S/c1-20-8-10-21(11-9-20)28(33)32(22-12-14-23(15-13-22)36-26-7-5-6-18-31-26)25-19-24(16-17-30(2,3)4)37-27(25)29(34)35;1-19-6-8-20(9-7-19)26(33)32(21-10-12-22(13-11-21)37-28-30-16-5-17-31-28)24-18-23(14-15-29(2,3)4)36-25(24)27(34)35;1-18-6-8-20(9-7-18)26(32)31(21-10-12-22(13-11-21)37-28-30-17-19(2)35-28)24-16-23(14-15-29(3,4)5)36-25(24)27(33)34;1-18-8-10-19(11-9-18)24(29)28(15-16-32-22-7-5-6-14-27-22)21-17-20(12-13-26(2,3)4)33-23(21)25(30)31/h5-7,18-23H,8-15H2,1-4H3,(H,34,35);5,16-22H,6-13H2,1-4H3,(H,34,35);16-18,20-22H,6-13H2,1-5H3,(H,33,34);5-7,14,17-19H,8-11,15-16H2,1-4H3,(H,30,31). The van der Waals surface area contributed by atoms with Gasteiger partial charge in [0.1, 0.15) is 31.9 Å². The lowest BCUT2D eigenvalue weighted by atomic mass is 9.81. The number of carbonyl (C=O) groups is 8. The van der Waals surface area contributed by atoms with Gasteiger partial charge in [0.15, 0.2) is 5.16 Å². The average Bonchev–Trinajstić information content (AvgIpc) is 1.63. The van der Waals surface area contributed by atoms with E-state index in [1.807, 2.05) is 159 Å². The number of carboxylic acids is 4. The summed E-state index contributed by atoms with van der Waals surface area (Å²) in [5, 5.41) is 43.9. The van der Waals surface area contributed by atoms with Gasteiger partial charge in [0, 0.05) is 110 Å². The van der Waals surface area contributed by atoms with Gasteiger partial charge in [-0.2, -0.15) is 0 Å². The van der Waals surface area contributed by atoms with Crippen molar-refractivity contribution in [3.8, 4) is 53.2 Å². The number of carbonyl (C=O) groups excluding carboxylic acids is 4. The van der Waals surface area contributed by atoms with Crippen LogP contribution in [-0.4, -0.2) is 140 Å². The van der Waals surface area contributed by atoms with Crippen molar-refractivity contribution in [3.63, 3.8) is 0 Å². The van der Waals surface area contributed by atoms with Gasteiger partial charge < -0.3 is 49.2 Å². The molecule has 8 aromatic heterocycles. The molecule has 23 nitrogen and oxygen atoms in total. The number of ether oxygens (including phenoxy) is 1. The molecule has 8 aromatic rings. The molecule has 0 radical (unpaired) electrons. The number of carboxylic acid groups (broad SMARTS) is 4. The highest BCUT2D eigenvalue weighted by Gasteiger charge is 2.44. The third-order valence-corrected chi connectivity index (χ3v) is 35.0. The third-order valence-electron chi connectivity index (χ3n) is 27.2. The summed E-state index contributed by atoms with van der Waals surface area (Å²) in [4.78, 5) is 137. The van der Waals surface area contributed by atoms with Crippen LogP contribution in [0.5, 0.6) is 5.88 Å². The molecule has 7 saturated carbocycles. The number of anilines is 4. The molecule has 0 saturated heterocycles. The van der Waals surface area contributed by atoms with E-state index in [2.05, 4.69) is 100.0 Å². The Balaban J connectivity index is 0.000000171. The SMILES string of the molecule is CC1CCC(C(=O)N(CCOc2ccccn2)c2cc(C#CC(C)(C)C)sc2C(=O)O)CC1.CC1CCC(C(=O)N(c2cc(C#CC(C)(C)C)sc2C(=O)O)C2CCC(Sc3ccccn3)CC2)CC1.CC1CCC(C(=O)N(c2cc(C#CC(C)(C)C)sc2C(=O)O)C2CCC(Sc3ncccn3)CC2)CC1.Cc1cnc(SC2CCC(N(C(=O)C3CCC(C)CC3)c3cc(C#CC(C)(C)C)sc3C(=O)O)CC2)o1. The monoisotopic (exact) mass is 2090 g/mol. The number of aryl methyl sites for hydroxylation is 1. The third kappa shape index (κ3) is 33.9. The van der Waals surface area contributed by atoms with Crippen molar-refractivity contribution in [3.05, 3.63) is 142 Å². The summed E-state index contributed by atoms with van der Waals surface area (Å²) in [5.41, 5.74) is 1.21. The van der Waals surface area contributed by atoms with Crippen molar-refractivity contribution in [2.24, 2.45) is 69.0 Å². The normalized spacial score (nSPS) is 22.8. The number of hydrogen-bond donors (Lipinski definition) is 4. The second-order valence-electron chi connectivity index (χ2n) is 44.1. The minimum atomic E-state index is -1.06. The van der Waals surface area contributed by atoms with Gasteiger partial charge in [-0.15, -0.1) is 57.1 Å². The Morgan fingerprint density at radius 2 is 0.688 bits per heavy atom. The zero-order chi connectivity index (χ0) is 104. The number of aromatic nitrogens is 5. The number of rotatable bonds is 25. The van der Waals surface area contributed by atoms with Crippen LogP contribution in [0.25, 0.3) is 0 Å². The van der Waals surface area contributed by atoms with Gasteiger partial charge in [-0.25, -0.2) is 44.1 Å². The first-order chi connectivity index (χ1) is 68.3. The van der Waals surface area contributed by atoms with Gasteiger partial charge in [0.2, 0.25) is 29.5 Å². The molecule has 7 aliphatic rings. The lowest BCUT2D eigenvalue weighted by molar-refractivity contribution is -0.125. The fraction of sp³-hybridized carbons (Fsp3) is 0.570. The smallest absolute Gasteiger partial charge is 0.348 e. The van der Waals surface area contributed by atoms with Crippen molar-refractivity contribution in [2.45, 2.75) is 347 Å². The summed E-state index contributed by atoms with van der Waals surface area (Å²) in [6.45, 7) is 35.6. The Morgan fingerprint density at radius 1 is 0.375 bits per heavy atom. The van der Waals surface area contributed by atoms with Crippen LogP contribution >= 0.6 is 80.6 Å². The molecule has 30 heteroatoms. The average molecular weight is 2090 g/mol. The second-order valence-corrected chi connectivity index (χ2v) is 52.1. The van der Waals surface area contributed by atoms with Crippen LogP contribution in [0.3, 0.4) is 0 Å². The molecule has 4 N–H and O–H groups in total. The first kappa shape index (κ1) is 113. The van der Waals surface area contributed by atoms with Crippen LogP contribution in [0.4, 0.5) is 22.7 Å². The highest BCUT2D eigenvalue weighted by atomic mass is 32.2. The van der Waals surface area contributed by atoms with E-state index in [0.717, 1.165) is 207 Å². The molecule has 0 aromatic carbocycles. The van der Waals surface area contributed by atoms with Crippen molar-refractivity contribution < 1.29 is 67.9 Å². The van der Waals surface area contributed by atoms with Gasteiger partial charge in [-0.3, -0.25) is 19.2 Å². The highest BCUT2D eigenvalue weighted by molar-refractivity contribution is 8.00. The van der Waals surface area contributed by atoms with Crippen LogP contribution in [0.2, 0.25) is 0 Å². The fourth-order valence-electron chi connectivity index (χ4n) is 19.3. The van der Waals surface area contributed by atoms with Gasteiger partial charge in [-0.1, -0.05) is 111 Å². The molecule has 0 aliphatic heterocycles. The maximum absolute atomic E-state index is 14.1. The molecule has 144 heavy (non-hydrogen) atoms. The Bertz CT molecular complexity index is 5730. The number of aromatic carboxylic acids is 4. The molecular weight excluding hydrogens is 1940 g/mol. The molecule has 0 atom stereocenters. The van der Waals surface area contributed by atoms with E-state index in [4.69, 9.17) is 9.15 Å². The van der Waals surface area contributed by atoms with Crippen LogP contribution < -0.4 is 24.3 Å². The molecule has 7 fully saturated rings.